The summed E-state index contributed by atoms with van der Waals surface area (Å²) in [6.07, 6.45) is 4.67. The number of thioether (sulfide) groups is 1. The van der Waals surface area contributed by atoms with Gasteiger partial charge in [0, 0.05) is 5.75 Å². The van der Waals surface area contributed by atoms with Crippen molar-refractivity contribution in [2.75, 3.05) is 11.5 Å². The summed E-state index contributed by atoms with van der Waals surface area (Å²) < 4.78 is 6.27. The van der Waals surface area contributed by atoms with E-state index < -0.39 is 23.5 Å². The van der Waals surface area contributed by atoms with Crippen LogP contribution >= 0.6 is 23.1 Å². The zero-order chi connectivity index (χ0) is 28.8. The number of ketones is 1. The lowest BCUT2D eigenvalue weighted by Crippen LogP contribution is -2.30. The first-order valence-electron chi connectivity index (χ1n) is 12.8. The smallest absolute Gasteiger partial charge is 0.296 e. The van der Waals surface area contributed by atoms with Gasteiger partial charge >= 0.3 is 0 Å². The number of rotatable bonds is 11. The minimum Gasteiger partial charge on any atom is -0.503 e. The van der Waals surface area contributed by atoms with Crippen molar-refractivity contribution in [2.24, 2.45) is 0 Å². The lowest BCUT2D eigenvalue weighted by Gasteiger charge is -2.24. The molecule has 41 heavy (non-hydrogen) atoms. The summed E-state index contributed by atoms with van der Waals surface area (Å²) in [6.45, 7) is 6.04. The van der Waals surface area contributed by atoms with E-state index in [2.05, 4.69) is 41.0 Å². The van der Waals surface area contributed by atoms with Crippen molar-refractivity contribution in [1.29, 1.82) is 0 Å². The maximum atomic E-state index is 13.5. The van der Waals surface area contributed by atoms with Crippen LogP contribution in [0.15, 0.2) is 113 Å². The average Bonchev–Trinajstić information content (AvgIpc) is 3.57. The Kier molecular flexibility index (Phi) is 8.76. The molecule has 0 aliphatic carbocycles. The summed E-state index contributed by atoms with van der Waals surface area (Å²) >= 11 is 2.75. The van der Waals surface area contributed by atoms with E-state index in [0.29, 0.717) is 33.1 Å². The number of carbonyl (C=O) groups excluding carboxylic acids is 2. The monoisotopic (exact) mass is 581 g/mol. The minimum atomic E-state index is -0.897. The van der Waals surface area contributed by atoms with Crippen LogP contribution in [0.3, 0.4) is 0 Å². The van der Waals surface area contributed by atoms with Crippen LogP contribution in [0.25, 0.3) is 6.08 Å². The van der Waals surface area contributed by atoms with E-state index >= 15 is 0 Å². The Bertz CT molecular complexity index is 1610. The summed E-state index contributed by atoms with van der Waals surface area (Å²) in [4.78, 5) is 28.3. The molecule has 2 heterocycles. The van der Waals surface area contributed by atoms with E-state index in [1.807, 2.05) is 37.3 Å². The maximum Gasteiger partial charge on any atom is 0.296 e. The highest BCUT2D eigenvalue weighted by molar-refractivity contribution is 8.00. The first-order chi connectivity index (χ1) is 19.9. The Morgan fingerprint density at radius 3 is 2.51 bits per heavy atom. The van der Waals surface area contributed by atoms with Crippen LogP contribution in [0.1, 0.15) is 28.3 Å². The number of aliphatic hydroxyl groups excluding tert-OH is 1. The van der Waals surface area contributed by atoms with Gasteiger partial charge in [0.1, 0.15) is 12.4 Å². The summed E-state index contributed by atoms with van der Waals surface area (Å²) in [6, 6.07) is 23.7. The number of anilines is 1. The molecule has 0 fully saturated rings. The fourth-order valence-electron chi connectivity index (χ4n) is 4.28. The first kappa shape index (κ1) is 28.1. The Morgan fingerprint density at radius 2 is 1.80 bits per heavy atom. The molecule has 0 saturated carbocycles. The summed E-state index contributed by atoms with van der Waals surface area (Å²) in [5.41, 5.74) is 3.75. The lowest BCUT2D eigenvalue weighted by molar-refractivity contribution is -0.117. The van der Waals surface area contributed by atoms with Gasteiger partial charge in [0.2, 0.25) is 5.13 Å². The van der Waals surface area contributed by atoms with Gasteiger partial charge in [0.25, 0.3) is 5.91 Å². The number of ether oxygens (including phenoxy) is 1. The number of aromatic nitrogens is 2. The normalized spacial score (nSPS) is 15.1. The molecule has 0 bridgehead atoms. The third kappa shape index (κ3) is 6.48. The Hall–Kier alpha value is -4.47. The van der Waals surface area contributed by atoms with E-state index in [4.69, 9.17) is 4.74 Å². The standard InChI is InChI=1S/C32H27N3O4S2/c1-3-19-39-25-16-14-24(15-17-25)28-27(26(36)18-13-22-7-5-4-6-8-22)29(37)30(38)35(28)31-33-34-32(41-31)40-20-23-11-9-21(2)10-12-23/h3-18,28,37H,1,19-20H2,2H3/b18-13+. The van der Waals surface area contributed by atoms with Gasteiger partial charge in [-0.05, 0) is 41.8 Å². The Labute approximate surface area is 246 Å². The van der Waals surface area contributed by atoms with Crippen molar-refractivity contribution in [3.8, 4) is 5.75 Å². The van der Waals surface area contributed by atoms with Crippen LogP contribution in [0.5, 0.6) is 5.75 Å². The molecule has 4 aromatic rings. The molecule has 9 heteroatoms. The van der Waals surface area contributed by atoms with Crippen LogP contribution in [0.4, 0.5) is 5.13 Å². The summed E-state index contributed by atoms with van der Waals surface area (Å²) in [5.74, 6) is -0.480. The van der Waals surface area contributed by atoms with Crippen molar-refractivity contribution in [3.05, 3.63) is 131 Å². The summed E-state index contributed by atoms with van der Waals surface area (Å²) in [7, 11) is 0. The van der Waals surface area contributed by atoms with Crippen molar-refractivity contribution in [2.45, 2.75) is 23.1 Å². The number of carbonyl (C=O) groups is 2. The lowest BCUT2D eigenvalue weighted by atomic mass is 9.95. The van der Waals surface area contributed by atoms with E-state index in [1.54, 1.807) is 36.4 Å². The molecular formula is C32H27N3O4S2. The van der Waals surface area contributed by atoms with Crippen LogP contribution in [0.2, 0.25) is 0 Å². The van der Waals surface area contributed by atoms with Crippen molar-refractivity contribution in [3.63, 3.8) is 0 Å². The summed E-state index contributed by atoms with van der Waals surface area (Å²) in [5, 5.41) is 19.8. The number of benzene rings is 3. The van der Waals surface area contributed by atoms with E-state index in [1.165, 1.54) is 39.6 Å². The number of hydrogen-bond donors (Lipinski definition) is 1. The molecule has 7 nitrogen and oxygen atoms in total. The largest absolute Gasteiger partial charge is 0.503 e. The second-order valence-electron chi connectivity index (χ2n) is 9.24. The van der Waals surface area contributed by atoms with Gasteiger partial charge in [-0.2, -0.15) is 0 Å². The zero-order valence-corrected chi connectivity index (χ0v) is 23.9. The SMILES string of the molecule is C=CCOc1ccc(C2C(C(=O)/C=C/c3ccccc3)=C(O)C(=O)N2c2nnc(SCc3ccc(C)cc3)s2)cc1. The van der Waals surface area contributed by atoms with E-state index in [-0.39, 0.29) is 5.57 Å². The molecule has 1 aromatic heterocycles. The first-order valence-corrected chi connectivity index (χ1v) is 14.6. The highest BCUT2D eigenvalue weighted by Crippen LogP contribution is 2.43. The average molecular weight is 582 g/mol. The van der Waals surface area contributed by atoms with Gasteiger partial charge in [-0.3, -0.25) is 14.5 Å². The van der Waals surface area contributed by atoms with Crippen molar-refractivity contribution < 1.29 is 19.4 Å². The van der Waals surface area contributed by atoms with E-state index in [9.17, 15) is 14.7 Å². The van der Waals surface area contributed by atoms with Gasteiger partial charge in [-0.25, -0.2) is 0 Å². The predicted octanol–water partition coefficient (Wildman–Crippen LogP) is 6.89. The molecule has 1 atom stereocenters. The molecular weight excluding hydrogens is 555 g/mol. The number of amides is 1. The minimum absolute atomic E-state index is 0.0222. The second kappa shape index (κ2) is 12.8. The number of nitrogens with zero attached hydrogens (tertiary/aromatic N) is 3. The molecule has 0 spiro atoms. The van der Waals surface area contributed by atoms with Crippen LogP contribution in [0, 0.1) is 6.92 Å². The van der Waals surface area contributed by atoms with Crippen LogP contribution in [-0.2, 0) is 15.3 Å². The van der Waals surface area contributed by atoms with Gasteiger partial charge in [-0.15, -0.1) is 10.2 Å². The molecule has 3 aromatic carbocycles. The van der Waals surface area contributed by atoms with Crippen molar-refractivity contribution in [1.82, 2.24) is 10.2 Å². The molecule has 0 radical (unpaired) electrons. The molecule has 1 amide bonds. The molecule has 1 aliphatic rings. The zero-order valence-electron chi connectivity index (χ0n) is 22.3. The molecule has 206 valence electrons. The Morgan fingerprint density at radius 1 is 1.07 bits per heavy atom. The molecule has 1 N–H and O–H groups in total. The van der Waals surface area contributed by atoms with Gasteiger partial charge in [0.05, 0.1) is 11.6 Å². The van der Waals surface area contributed by atoms with Crippen LogP contribution in [-0.4, -0.2) is 33.6 Å². The number of aliphatic hydroxyl groups is 1. The van der Waals surface area contributed by atoms with Gasteiger partial charge < -0.3 is 9.84 Å². The third-order valence-corrected chi connectivity index (χ3v) is 8.48. The predicted molar refractivity (Wildman–Crippen MR) is 163 cm³/mol. The maximum absolute atomic E-state index is 13.5. The highest BCUT2D eigenvalue weighted by atomic mass is 32.2. The van der Waals surface area contributed by atoms with Gasteiger partial charge in [-0.1, -0.05) is 114 Å². The van der Waals surface area contributed by atoms with E-state index in [0.717, 1.165) is 11.1 Å². The van der Waals surface area contributed by atoms with Gasteiger partial charge in [0.15, 0.2) is 15.9 Å². The third-order valence-electron chi connectivity index (χ3n) is 6.35. The number of hydrogen-bond acceptors (Lipinski definition) is 8. The Balaban J connectivity index is 1.45. The highest BCUT2D eigenvalue weighted by Gasteiger charge is 2.45. The molecule has 1 unspecified atom stereocenters. The fourth-order valence-corrected chi connectivity index (χ4v) is 6.11. The van der Waals surface area contributed by atoms with Crippen LogP contribution < -0.4 is 9.64 Å². The molecule has 5 rings (SSSR count). The van der Waals surface area contributed by atoms with Crippen molar-refractivity contribution >= 4 is 46.0 Å². The quantitative estimate of drug-likeness (QED) is 0.0893. The fraction of sp³-hybridized carbons (Fsp3) is 0.125. The number of allylic oxidation sites excluding steroid dienone is 1. The molecule has 0 saturated heterocycles. The molecule has 1 aliphatic heterocycles. The topological polar surface area (TPSA) is 92.6 Å². The number of aryl methyl sites for hydroxylation is 1. The second-order valence-corrected chi connectivity index (χ2v) is 11.4.